The van der Waals surface area contributed by atoms with Crippen LogP contribution in [0.5, 0.6) is 0 Å². The molecule has 120 valence electrons. The van der Waals surface area contributed by atoms with Crippen LogP contribution in [0.2, 0.25) is 0 Å². The van der Waals surface area contributed by atoms with Crippen molar-refractivity contribution in [1.82, 2.24) is 10.2 Å². The van der Waals surface area contributed by atoms with E-state index in [-0.39, 0.29) is 24.0 Å². The van der Waals surface area contributed by atoms with Crippen LogP contribution in [0.1, 0.15) is 24.5 Å². The fraction of sp³-hybridized carbons (Fsp3) is 0.500. The van der Waals surface area contributed by atoms with Gasteiger partial charge in [0, 0.05) is 32.7 Å². The second kappa shape index (κ2) is 7.79. The van der Waals surface area contributed by atoms with Crippen molar-refractivity contribution in [1.29, 1.82) is 0 Å². The fourth-order valence-electron chi connectivity index (χ4n) is 2.66. The maximum Gasteiger partial charge on any atom is 0.317 e. The highest BCUT2D eigenvalue weighted by molar-refractivity contribution is 5.78. The van der Waals surface area contributed by atoms with Crippen LogP contribution in [0.4, 0.5) is 4.79 Å². The molecule has 0 aromatic heterocycles. The first-order valence-electron chi connectivity index (χ1n) is 7.51. The quantitative estimate of drug-likeness (QED) is 0.859. The second-order valence-corrected chi connectivity index (χ2v) is 5.48. The van der Waals surface area contributed by atoms with Crippen LogP contribution in [0, 0.1) is 5.92 Å². The molecular weight excluding hydrogens is 282 g/mol. The van der Waals surface area contributed by atoms with E-state index in [2.05, 4.69) is 5.32 Å². The van der Waals surface area contributed by atoms with Gasteiger partial charge in [0.05, 0.1) is 6.10 Å². The summed E-state index contributed by atoms with van der Waals surface area (Å²) < 4.78 is 5.43. The Morgan fingerprint density at radius 1 is 1.32 bits per heavy atom. The van der Waals surface area contributed by atoms with Gasteiger partial charge in [-0.25, -0.2) is 4.79 Å². The van der Waals surface area contributed by atoms with E-state index in [1.807, 2.05) is 30.3 Å². The number of amides is 3. The SMILES string of the molecule is COC(CNC(=O)N1CCC(C(N)=O)CC1)c1ccccc1. The average molecular weight is 305 g/mol. The monoisotopic (exact) mass is 305 g/mol. The first kappa shape index (κ1) is 16.3. The third kappa shape index (κ3) is 4.21. The summed E-state index contributed by atoms with van der Waals surface area (Å²) in [5, 5.41) is 2.89. The molecule has 3 amide bonds. The van der Waals surface area contributed by atoms with E-state index in [0.717, 1.165) is 5.56 Å². The number of nitrogens with zero attached hydrogens (tertiary/aromatic N) is 1. The molecule has 0 radical (unpaired) electrons. The molecule has 3 N–H and O–H groups in total. The third-order valence-electron chi connectivity index (χ3n) is 4.08. The molecule has 0 bridgehead atoms. The Labute approximate surface area is 130 Å². The summed E-state index contributed by atoms with van der Waals surface area (Å²) in [5.41, 5.74) is 6.32. The van der Waals surface area contributed by atoms with E-state index in [1.165, 1.54) is 0 Å². The minimum atomic E-state index is -0.274. The van der Waals surface area contributed by atoms with E-state index in [4.69, 9.17) is 10.5 Å². The molecule has 1 aromatic rings. The van der Waals surface area contributed by atoms with Crippen molar-refractivity contribution in [3.05, 3.63) is 35.9 Å². The van der Waals surface area contributed by atoms with Gasteiger partial charge < -0.3 is 20.7 Å². The van der Waals surface area contributed by atoms with Gasteiger partial charge in [-0.2, -0.15) is 0 Å². The van der Waals surface area contributed by atoms with Crippen molar-refractivity contribution < 1.29 is 14.3 Å². The van der Waals surface area contributed by atoms with Crippen molar-refractivity contribution in [2.75, 3.05) is 26.7 Å². The number of nitrogens with one attached hydrogen (secondary N) is 1. The number of likely N-dealkylation sites (tertiary alicyclic amines) is 1. The van der Waals surface area contributed by atoms with Crippen LogP contribution in [0.25, 0.3) is 0 Å². The maximum absolute atomic E-state index is 12.2. The normalized spacial score (nSPS) is 17.0. The van der Waals surface area contributed by atoms with Gasteiger partial charge in [0.25, 0.3) is 0 Å². The largest absolute Gasteiger partial charge is 0.375 e. The average Bonchev–Trinajstić information content (AvgIpc) is 2.56. The Balaban J connectivity index is 1.81. The van der Waals surface area contributed by atoms with Crippen molar-refractivity contribution in [3.8, 4) is 0 Å². The lowest BCUT2D eigenvalue weighted by Crippen LogP contribution is -2.47. The van der Waals surface area contributed by atoms with Gasteiger partial charge in [-0.1, -0.05) is 30.3 Å². The van der Waals surface area contributed by atoms with Crippen molar-refractivity contribution >= 4 is 11.9 Å². The number of piperidine rings is 1. The molecule has 6 heteroatoms. The summed E-state index contributed by atoms with van der Waals surface area (Å²) in [6, 6.07) is 9.64. The van der Waals surface area contributed by atoms with Crippen molar-refractivity contribution in [3.63, 3.8) is 0 Å². The van der Waals surface area contributed by atoms with E-state index in [9.17, 15) is 9.59 Å². The number of hydrogen-bond donors (Lipinski definition) is 2. The van der Waals surface area contributed by atoms with Crippen LogP contribution in [0.15, 0.2) is 30.3 Å². The van der Waals surface area contributed by atoms with Crippen LogP contribution < -0.4 is 11.1 Å². The predicted molar refractivity (Wildman–Crippen MR) is 83.1 cm³/mol. The van der Waals surface area contributed by atoms with E-state index < -0.39 is 0 Å². The Morgan fingerprint density at radius 3 is 2.50 bits per heavy atom. The topological polar surface area (TPSA) is 84.7 Å². The smallest absolute Gasteiger partial charge is 0.317 e. The van der Waals surface area contributed by atoms with Crippen LogP contribution in [0.3, 0.4) is 0 Å². The van der Waals surface area contributed by atoms with Gasteiger partial charge in [-0.15, -0.1) is 0 Å². The summed E-state index contributed by atoms with van der Waals surface area (Å²) in [4.78, 5) is 25.0. The number of carbonyl (C=O) groups excluding carboxylic acids is 2. The summed E-state index contributed by atoms with van der Waals surface area (Å²) in [6.07, 6.45) is 1.10. The standard InChI is InChI=1S/C16H23N3O3/c1-22-14(12-5-3-2-4-6-12)11-18-16(21)19-9-7-13(8-10-19)15(17)20/h2-6,13-14H,7-11H2,1H3,(H2,17,20)(H,18,21). The highest BCUT2D eigenvalue weighted by Gasteiger charge is 2.26. The van der Waals surface area contributed by atoms with Crippen LogP contribution in [-0.2, 0) is 9.53 Å². The number of ether oxygens (including phenoxy) is 1. The summed E-state index contributed by atoms with van der Waals surface area (Å²) in [6.45, 7) is 1.53. The zero-order chi connectivity index (χ0) is 15.9. The predicted octanol–water partition coefficient (Wildman–Crippen LogP) is 1.28. The maximum atomic E-state index is 12.2. The molecule has 1 aliphatic heterocycles. The van der Waals surface area contributed by atoms with Crippen LogP contribution >= 0.6 is 0 Å². The van der Waals surface area contributed by atoms with E-state index >= 15 is 0 Å². The van der Waals surface area contributed by atoms with Crippen LogP contribution in [-0.4, -0.2) is 43.6 Å². The van der Waals surface area contributed by atoms with E-state index in [1.54, 1.807) is 12.0 Å². The van der Waals surface area contributed by atoms with Gasteiger partial charge in [0.1, 0.15) is 0 Å². The number of hydrogen-bond acceptors (Lipinski definition) is 3. The number of urea groups is 1. The second-order valence-electron chi connectivity index (χ2n) is 5.48. The molecule has 1 unspecified atom stereocenters. The van der Waals surface area contributed by atoms with Gasteiger partial charge in [0.15, 0.2) is 0 Å². The molecule has 1 aromatic carbocycles. The molecule has 1 aliphatic rings. The molecule has 0 saturated carbocycles. The molecular formula is C16H23N3O3. The van der Waals surface area contributed by atoms with Crippen molar-refractivity contribution in [2.24, 2.45) is 11.7 Å². The number of methoxy groups -OCH3 is 1. The Bertz CT molecular complexity index is 499. The summed E-state index contributed by atoms with van der Waals surface area (Å²) in [7, 11) is 1.63. The minimum absolute atomic E-state index is 0.111. The van der Waals surface area contributed by atoms with Gasteiger partial charge in [-0.05, 0) is 18.4 Å². The minimum Gasteiger partial charge on any atom is -0.375 e. The number of primary amides is 1. The first-order valence-corrected chi connectivity index (χ1v) is 7.51. The zero-order valence-electron chi connectivity index (χ0n) is 12.8. The fourth-order valence-corrected chi connectivity index (χ4v) is 2.66. The highest BCUT2D eigenvalue weighted by atomic mass is 16.5. The number of nitrogens with two attached hydrogens (primary N) is 1. The zero-order valence-corrected chi connectivity index (χ0v) is 12.8. The third-order valence-corrected chi connectivity index (χ3v) is 4.08. The Morgan fingerprint density at radius 2 is 1.95 bits per heavy atom. The molecule has 2 rings (SSSR count). The highest BCUT2D eigenvalue weighted by Crippen LogP contribution is 2.18. The molecule has 1 fully saturated rings. The molecule has 0 spiro atoms. The lowest BCUT2D eigenvalue weighted by molar-refractivity contribution is -0.123. The number of rotatable bonds is 5. The Hall–Kier alpha value is -2.08. The first-order chi connectivity index (χ1) is 10.6. The van der Waals surface area contributed by atoms with Crippen molar-refractivity contribution in [2.45, 2.75) is 18.9 Å². The van der Waals surface area contributed by atoms with Gasteiger partial charge >= 0.3 is 6.03 Å². The molecule has 1 heterocycles. The molecule has 0 aliphatic carbocycles. The van der Waals surface area contributed by atoms with E-state index in [0.29, 0.717) is 32.5 Å². The summed E-state index contributed by atoms with van der Waals surface area (Å²) >= 11 is 0. The summed E-state index contributed by atoms with van der Waals surface area (Å²) in [5.74, 6) is -0.385. The number of carbonyl (C=O) groups is 2. The number of benzene rings is 1. The van der Waals surface area contributed by atoms with Gasteiger partial charge in [-0.3, -0.25) is 4.79 Å². The molecule has 1 atom stereocenters. The Kier molecular flexibility index (Phi) is 5.77. The molecule has 1 saturated heterocycles. The molecule has 6 nitrogen and oxygen atoms in total. The molecule has 22 heavy (non-hydrogen) atoms. The lowest BCUT2D eigenvalue weighted by Gasteiger charge is -2.31. The van der Waals surface area contributed by atoms with Gasteiger partial charge in [0.2, 0.25) is 5.91 Å². The lowest BCUT2D eigenvalue weighted by atomic mass is 9.96.